The maximum Gasteiger partial charge on any atom is 0.0834 e. The number of ether oxygens (including phenoxy) is 1. The van der Waals surface area contributed by atoms with E-state index in [2.05, 4.69) is 33.4 Å². The average molecular weight is 182 g/mol. The molecule has 0 amide bonds. The normalized spacial score (nSPS) is 14.8. The van der Waals surface area contributed by atoms with Crippen LogP contribution in [0.5, 0.6) is 0 Å². The molecular formula is C12H22O. The molecule has 0 aliphatic rings. The average Bonchev–Trinajstić information content (AvgIpc) is 2.04. The van der Waals surface area contributed by atoms with Crippen molar-refractivity contribution in [2.45, 2.75) is 46.1 Å². The molecule has 1 nitrogen and oxygen atoms in total. The number of allylic oxidation sites excluding steroid dienone is 2. The van der Waals surface area contributed by atoms with Crippen molar-refractivity contribution in [2.24, 2.45) is 0 Å². The van der Waals surface area contributed by atoms with E-state index in [4.69, 9.17) is 4.74 Å². The second-order valence-electron chi connectivity index (χ2n) is 3.77. The molecule has 0 aromatic carbocycles. The highest BCUT2D eigenvalue weighted by Gasteiger charge is 2.18. The predicted molar refractivity (Wildman–Crippen MR) is 58.9 cm³/mol. The van der Waals surface area contributed by atoms with E-state index in [1.165, 1.54) is 5.57 Å². The van der Waals surface area contributed by atoms with Crippen LogP contribution in [-0.2, 0) is 4.74 Å². The molecule has 0 aromatic rings. The zero-order valence-electron chi connectivity index (χ0n) is 9.39. The van der Waals surface area contributed by atoms with E-state index >= 15 is 0 Å². The SMILES string of the molecule is C=C[C@@](C)(CCC=C(C)C)OCC. The predicted octanol–water partition coefficient (Wildman–Crippen LogP) is 3.71. The van der Waals surface area contributed by atoms with Crippen LogP contribution in [0, 0.1) is 0 Å². The van der Waals surface area contributed by atoms with E-state index in [1.54, 1.807) is 0 Å². The molecule has 0 bridgehead atoms. The topological polar surface area (TPSA) is 9.23 Å². The molecule has 0 aliphatic heterocycles. The van der Waals surface area contributed by atoms with Crippen LogP contribution in [0.1, 0.15) is 40.5 Å². The minimum Gasteiger partial charge on any atom is -0.372 e. The first-order valence-corrected chi connectivity index (χ1v) is 4.95. The summed E-state index contributed by atoms with van der Waals surface area (Å²) in [5, 5.41) is 0. The van der Waals surface area contributed by atoms with E-state index in [9.17, 15) is 0 Å². The summed E-state index contributed by atoms with van der Waals surface area (Å²) in [5.74, 6) is 0. The summed E-state index contributed by atoms with van der Waals surface area (Å²) in [4.78, 5) is 0. The lowest BCUT2D eigenvalue weighted by molar-refractivity contribution is 0.00842. The van der Waals surface area contributed by atoms with E-state index < -0.39 is 0 Å². The van der Waals surface area contributed by atoms with Crippen LogP contribution in [0.25, 0.3) is 0 Å². The summed E-state index contributed by atoms with van der Waals surface area (Å²) >= 11 is 0. The number of rotatable bonds is 6. The molecule has 0 saturated carbocycles. The highest BCUT2D eigenvalue weighted by Crippen LogP contribution is 2.19. The first-order chi connectivity index (χ1) is 6.04. The molecule has 13 heavy (non-hydrogen) atoms. The summed E-state index contributed by atoms with van der Waals surface area (Å²) in [7, 11) is 0. The maximum absolute atomic E-state index is 5.61. The van der Waals surface area contributed by atoms with Crippen LogP contribution in [0.15, 0.2) is 24.3 Å². The molecule has 76 valence electrons. The molecule has 0 heterocycles. The molecule has 0 spiro atoms. The summed E-state index contributed by atoms with van der Waals surface area (Å²) in [6.45, 7) is 12.9. The fourth-order valence-electron chi connectivity index (χ4n) is 1.21. The highest BCUT2D eigenvalue weighted by molar-refractivity contribution is 4.99. The van der Waals surface area contributed by atoms with Gasteiger partial charge >= 0.3 is 0 Å². The van der Waals surface area contributed by atoms with Gasteiger partial charge in [0.25, 0.3) is 0 Å². The molecule has 0 rings (SSSR count). The van der Waals surface area contributed by atoms with Gasteiger partial charge in [-0.1, -0.05) is 17.7 Å². The maximum atomic E-state index is 5.61. The van der Waals surface area contributed by atoms with Crippen molar-refractivity contribution in [1.29, 1.82) is 0 Å². The third-order valence-electron chi connectivity index (χ3n) is 2.10. The Bertz CT molecular complexity index is 178. The van der Waals surface area contributed by atoms with Crippen LogP contribution in [0.4, 0.5) is 0 Å². The minimum atomic E-state index is -0.152. The van der Waals surface area contributed by atoms with Gasteiger partial charge in [-0.3, -0.25) is 0 Å². The summed E-state index contributed by atoms with van der Waals surface area (Å²) in [6.07, 6.45) is 6.20. The number of hydrogen-bond acceptors (Lipinski definition) is 1. The van der Waals surface area contributed by atoms with Crippen molar-refractivity contribution in [3.8, 4) is 0 Å². The van der Waals surface area contributed by atoms with Crippen LogP contribution < -0.4 is 0 Å². The van der Waals surface area contributed by atoms with Gasteiger partial charge in [0, 0.05) is 6.61 Å². The summed E-state index contributed by atoms with van der Waals surface area (Å²) in [5.41, 5.74) is 1.21. The van der Waals surface area contributed by atoms with Crippen LogP contribution in [0.3, 0.4) is 0 Å². The lowest BCUT2D eigenvalue weighted by atomic mass is 9.99. The van der Waals surface area contributed by atoms with Gasteiger partial charge in [0.15, 0.2) is 0 Å². The van der Waals surface area contributed by atoms with E-state index in [0.29, 0.717) is 0 Å². The Morgan fingerprint density at radius 3 is 2.46 bits per heavy atom. The van der Waals surface area contributed by atoms with Crippen LogP contribution >= 0.6 is 0 Å². The first-order valence-electron chi connectivity index (χ1n) is 4.95. The van der Waals surface area contributed by atoms with Crippen LogP contribution in [0.2, 0.25) is 0 Å². The monoisotopic (exact) mass is 182 g/mol. The molecule has 1 atom stereocenters. The van der Waals surface area contributed by atoms with Crippen molar-refractivity contribution in [3.63, 3.8) is 0 Å². The fraction of sp³-hybridized carbons (Fsp3) is 0.667. The molecule has 0 aromatic heterocycles. The minimum absolute atomic E-state index is 0.152. The molecule has 0 unspecified atom stereocenters. The Hall–Kier alpha value is -0.560. The van der Waals surface area contributed by atoms with E-state index in [1.807, 2.05) is 13.0 Å². The van der Waals surface area contributed by atoms with Crippen molar-refractivity contribution >= 4 is 0 Å². The molecule has 0 aliphatic carbocycles. The molecule has 1 heteroatoms. The summed E-state index contributed by atoms with van der Waals surface area (Å²) in [6, 6.07) is 0. The van der Waals surface area contributed by atoms with Gasteiger partial charge in [-0.2, -0.15) is 0 Å². The molecule has 0 N–H and O–H groups in total. The Kier molecular flexibility index (Phi) is 5.72. The standard InChI is InChI=1S/C12H22O/c1-6-12(5,13-7-2)10-8-9-11(3)4/h6,9H,1,7-8,10H2,2-5H3/t12-/m0/s1. The van der Waals surface area contributed by atoms with Crippen molar-refractivity contribution < 1.29 is 4.74 Å². The third kappa shape index (κ3) is 5.64. The fourth-order valence-corrected chi connectivity index (χ4v) is 1.21. The van der Waals surface area contributed by atoms with Gasteiger partial charge in [0.1, 0.15) is 0 Å². The van der Waals surface area contributed by atoms with Gasteiger partial charge in [0.05, 0.1) is 5.60 Å². The molecular weight excluding hydrogens is 160 g/mol. The first kappa shape index (κ1) is 12.4. The zero-order valence-corrected chi connectivity index (χ0v) is 9.39. The smallest absolute Gasteiger partial charge is 0.0834 e. The molecule has 0 fully saturated rings. The quantitative estimate of drug-likeness (QED) is 0.569. The van der Waals surface area contributed by atoms with Gasteiger partial charge < -0.3 is 4.74 Å². The van der Waals surface area contributed by atoms with Gasteiger partial charge in [-0.15, -0.1) is 6.58 Å². The Balaban J connectivity index is 3.97. The van der Waals surface area contributed by atoms with Crippen molar-refractivity contribution in [3.05, 3.63) is 24.3 Å². The van der Waals surface area contributed by atoms with Crippen molar-refractivity contribution in [2.75, 3.05) is 6.61 Å². The van der Waals surface area contributed by atoms with E-state index in [0.717, 1.165) is 19.4 Å². The largest absolute Gasteiger partial charge is 0.372 e. The summed E-state index contributed by atoms with van der Waals surface area (Å²) < 4.78 is 5.61. The number of hydrogen-bond donors (Lipinski definition) is 0. The zero-order chi connectivity index (χ0) is 10.3. The van der Waals surface area contributed by atoms with E-state index in [-0.39, 0.29) is 5.60 Å². The molecule has 0 saturated heterocycles. The second-order valence-corrected chi connectivity index (χ2v) is 3.77. The van der Waals surface area contributed by atoms with Gasteiger partial charge in [-0.05, 0) is 40.5 Å². The third-order valence-corrected chi connectivity index (χ3v) is 2.10. The highest BCUT2D eigenvalue weighted by atomic mass is 16.5. The lowest BCUT2D eigenvalue weighted by Crippen LogP contribution is -2.25. The Morgan fingerprint density at radius 1 is 1.46 bits per heavy atom. The Labute approximate surface area is 82.5 Å². The Morgan fingerprint density at radius 2 is 2.08 bits per heavy atom. The van der Waals surface area contributed by atoms with Crippen molar-refractivity contribution in [1.82, 2.24) is 0 Å². The second kappa shape index (κ2) is 5.98. The lowest BCUT2D eigenvalue weighted by Gasteiger charge is -2.25. The van der Waals surface area contributed by atoms with Gasteiger partial charge in [0.2, 0.25) is 0 Å². The van der Waals surface area contributed by atoms with Crippen LogP contribution in [-0.4, -0.2) is 12.2 Å². The molecule has 0 radical (unpaired) electrons. The van der Waals surface area contributed by atoms with Gasteiger partial charge in [-0.25, -0.2) is 0 Å².